The fourth-order valence-electron chi connectivity index (χ4n) is 1.78. The number of aromatic nitrogens is 3. The number of nitrogens with zero attached hydrogens (tertiary/aromatic N) is 3. The lowest BCUT2D eigenvalue weighted by Crippen LogP contribution is -2.43. The number of hydrogen-bond acceptors (Lipinski definition) is 4. The summed E-state index contributed by atoms with van der Waals surface area (Å²) >= 11 is 0. The van der Waals surface area contributed by atoms with Gasteiger partial charge in [-0.3, -0.25) is 0 Å². The minimum absolute atomic E-state index is 0.0970. The molecule has 1 unspecified atom stereocenters. The molecule has 1 rings (SSSR count). The van der Waals surface area contributed by atoms with Crippen LogP contribution in [0.5, 0.6) is 0 Å². The molecule has 0 spiro atoms. The van der Waals surface area contributed by atoms with Crippen LogP contribution in [0.1, 0.15) is 39.6 Å². The SMILES string of the molecule is COCC(O)(Cc1ncnn1C(C)C)C(C)C. The zero-order valence-corrected chi connectivity index (χ0v) is 11.3. The summed E-state index contributed by atoms with van der Waals surface area (Å²) in [4.78, 5) is 4.22. The van der Waals surface area contributed by atoms with E-state index in [1.54, 1.807) is 7.11 Å². The molecular formula is C12H23N3O2. The molecule has 0 aliphatic rings. The summed E-state index contributed by atoms with van der Waals surface area (Å²) in [6.45, 7) is 8.35. The van der Waals surface area contributed by atoms with Crippen molar-refractivity contribution < 1.29 is 9.84 Å². The Balaban J connectivity index is 2.90. The van der Waals surface area contributed by atoms with E-state index < -0.39 is 5.60 Å². The van der Waals surface area contributed by atoms with E-state index in [1.807, 2.05) is 32.4 Å². The number of methoxy groups -OCH3 is 1. The molecule has 5 nitrogen and oxygen atoms in total. The van der Waals surface area contributed by atoms with Gasteiger partial charge >= 0.3 is 0 Å². The van der Waals surface area contributed by atoms with E-state index in [0.29, 0.717) is 13.0 Å². The molecule has 1 aromatic heterocycles. The summed E-state index contributed by atoms with van der Waals surface area (Å²) in [5.41, 5.74) is -0.894. The van der Waals surface area contributed by atoms with Crippen molar-refractivity contribution in [2.75, 3.05) is 13.7 Å². The highest BCUT2D eigenvalue weighted by Crippen LogP contribution is 2.22. The lowest BCUT2D eigenvalue weighted by atomic mass is 9.87. The minimum atomic E-state index is -0.894. The zero-order valence-electron chi connectivity index (χ0n) is 11.3. The molecule has 0 saturated heterocycles. The molecule has 0 aliphatic heterocycles. The smallest absolute Gasteiger partial charge is 0.138 e. The highest BCUT2D eigenvalue weighted by atomic mass is 16.5. The van der Waals surface area contributed by atoms with E-state index in [1.165, 1.54) is 6.33 Å². The Bertz CT molecular complexity index is 349. The second kappa shape index (κ2) is 5.60. The highest BCUT2D eigenvalue weighted by molar-refractivity contribution is 4.97. The first kappa shape index (κ1) is 14.1. The molecule has 0 aliphatic carbocycles. The van der Waals surface area contributed by atoms with Crippen LogP contribution in [0.2, 0.25) is 0 Å². The van der Waals surface area contributed by atoms with Crippen LogP contribution in [0, 0.1) is 5.92 Å². The second-order valence-corrected chi connectivity index (χ2v) is 5.08. The summed E-state index contributed by atoms with van der Waals surface area (Å²) < 4.78 is 6.95. The number of aliphatic hydroxyl groups is 1. The molecular weight excluding hydrogens is 218 g/mol. The van der Waals surface area contributed by atoms with Crippen molar-refractivity contribution in [2.45, 2.75) is 45.8 Å². The van der Waals surface area contributed by atoms with E-state index in [-0.39, 0.29) is 12.0 Å². The molecule has 1 heterocycles. The number of ether oxygens (including phenoxy) is 1. The Morgan fingerprint density at radius 3 is 2.53 bits per heavy atom. The first-order valence-corrected chi connectivity index (χ1v) is 6.00. The Morgan fingerprint density at radius 1 is 1.41 bits per heavy atom. The Kier molecular flexibility index (Phi) is 4.65. The molecule has 98 valence electrons. The highest BCUT2D eigenvalue weighted by Gasteiger charge is 2.33. The molecule has 0 saturated carbocycles. The second-order valence-electron chi connectivity index (χ2n) is 5.08. The molecule has 17 heavy (non-hydrogen) atoms. The van der Waals surface area contributed by atoms with Crippen LogP contribution in [0.25, 0.3) is 0 Å². The minimum Gasteiger partial charge on any atom is -0.387 e. The zero-order chi connectivity index (χ0) is 13.1. The van der Waals surface area contributed by atoms with Gasteiger partial charge in [-0.15, -0.1) is 0 Å². The van der Waals surface area contributed by atoms with E-state index in [4.69, 9.17) is 4.74 Å². The van der Waals surface area contributed by atoms with Gasteiger partial charge in [0.05, 0.1) is 12.2 Å². The number of hydrogen-bond donors (Lipinski definition) is 1. The van der Waals surface area contributed by atoms with Gasteiger partial charge < -0.3 is 9.84 Å². The Labute approximate surface area is 103 Å². The van der Waals surface area contributed by atoms with Gasteiger partial charge in [0.25, 0.3) is 0 Å². The topological polar surface area (TPSA) is 60.2 Å². The van der Waals surface area contributed by atoms with Crippen LogP contribution in [0.3, 0.4) is 0 Å². The predicted molar refractivity (Wildman–Crippen MR) is 65.8 cm³/mol. The molecule has 0 fully saturated rings. The van der Waals surface area contributed by atoms with Crippen LogP contribution < -0.4 is 0 Å². The predicted octanol–water partition coefficient (Wildman–Crippen LogP) is 1.43. The van der Waals surface area contributed by atoms with Gasteiger partial charge in [0.15, 0.2) is 0 Å². The summed E-state index contributed by atoms with van der Waals surface area (Å²) in [6.07, 6.45) is 1.99. The lowest BCUT2D eigenvalue weighted by Gasteiger charge is -2.31. The first-order chi connectivity index (χ1) is 7.90. The fraction of sp³-hybridized carbons (Fsp3) is 0.833. The lowest BCUT2D eigenvalue weighted by molar-refractivity contribution is -0.0656. The van der Waals surface area contributed by atoms with Crippen LogP contribution in [-0.4, -0.2) is 39.2 Å². The number of rotatable bonds is 6. The summed E-state index contributed by atoms with van der Waals surface area (Å²) in [7, 11) is 1.60. The third kappa shape index (κ3) is 3.26. The fourth-order valence-corrected chi connectivity index (χ4v) is 1.78. The maximum atomic E-state index is 10.6. The van der Waals surface area contributed by atoms with E-state index in [9.17, 15) is 5.11 Å². The Hall–Kier alpha value is -0.940. The normalized spacial score (nSPS) is 15.5. The molecule has 1 N–H and O–H groups in total. The van der Waals surface area contributed by atoms with Gasteiger partial charge in [0.1, 0.15) is 12.2 Å². The molecule has 0 aromatic carbocycles. The Morgan fingerprint density at radius 2 is 2.06 bits per heavy atom. The van der Waals surface area contributed by atoms with Crippen molar-refractivity contribution in [3.63, 3.8) is 0 Å². The average Bonchev–Trinajstić information content (AvgIpc) is 2.65. The van der Waals surface area contributed by atoms with E-state index >= 15 is 0 Å². The molecule has 0 radical (unpaired) electrons. The molecule has 1 atom stereocenters. The first-order valence-electron chi connectivity index (χ1n) is 6.00. The van der Waals surface area contributed by atoms with E-state index in [2.05, 4.69) is 10.1 Å². The van der Waals surface area contributed by atoms with Crippen molar-refractivity contribution in [3.8, 4) is 0 Å². The molecule has 0 bridgehead atoms. The van der Waals surface area contributed by atoms with E-state index in [0.717, 1.165) is 5.82 Å². The quantitative estimate of drug-likeness (QED) is 0.818. The molecule has 5 heteroatoms. The van der Waals surface area contributed by atoms with Crippen molar-refractivity contribution in [1.82, 2.24) is 14.8 Å². The maximum Gasteiger partial charge on any atom is 0.138 e. The van der Waals surface area contributed by atoms with Gasteiger partial charge in [-0.1, -0.05) is 13.8 Å². The van der Waals surface area contributed by atoms with Crippen molar-refractivity contribution in [1.29, 1.82) is 0 Å². The monoisotopic (exact) mass is 241 g/mol. The van der Waals surface area contributed by atoms with Gasteiger partial charge in [0, 0.05) is 19.6 Å². The third-order valence-corrected chi connectivity index (χ3v) is 3.07. The van der Waals surface area contributed by atoms with Crippen molar-refractivity contribution in [2.24, 2.45) is 5.92 Å². The molecule has 0 amide bonds. The summed E-state index contributed by atoms with van der Waals surface area (Å²) in [6, 6.07) is 0.242. The van der Waals surface area contributed by atoms with Gasteiger partial charge in [-0.25, -0.2) is 9.67 Å². The van der Waals surface area contributed by atoms with Gasteiger partial charge in [-0.2, -0.15) is 5.10 Å². The van der Waals surface area contributed by atoms with Gasteiger partial charge in [0.2, 0.25) is 0 Å². The largest absolute Gasteiger partial charge is 0.387 e. The summed E-state index contributed by atoms with van der Waals surface area (Å²) in [5.74, 6) is 0.896. The summed E-state index contributed by atoms with van der Waals surface area (Å²) in [5, 5.41) is 14.7. The third-order valence-electron chi connectivity index (χ3n) is 3.07. The van der Waals surface area contributed by atoms with Crippen molar-refractivity contribution >= 4 is 0 Å². The van der Waals surface area contributed by atoms with Crippen LogP contribution in [0.4, 0.5) is 0 Å². The maximum absolute atomic E-state index is 10.6. The molecule has 1 aromatic rings. The van der Waals surface area contributed by atoms with Crippen molar-refractivity contribution in [3.05, 3.63) is 12.2 Å². The van der Waals surface area contributed by atoms with Crippen LogP contribution in [-0.2, 0) is 11.2 Å². The van der Waals surface area contributed by atoms with Crippen LogP contribution in [0.15, 0.2) is 6.33 Å². The standard InChI is InChI=1S/C12H23N3O2/c1-9(2)12(16,7-17-5)6-11-13-8-14-15(11)10(3)4/h8-10,16H,6-7H2,1-5H3. The van der Waals surface area contributed by atoms with Gasteiger partial charge in [-0.05, 0) is 19.8 Å². The average molecular weight is 241 g/mol. The van der Waals surface area contributed by atoms with Crippen LogP contribution >= 0.6 is 0 Å².